The third-order valence-corrected chi connectivity index (χ3v) is 2.01. The van der Waals surface area contributed by atoms with Crippen LogP contribution in [0.25, 0.3) is 6.08 Å². The summed E-state index contributed by atoms with van der Waals surface area (Å²) in [5, 5.41) is 17.9. The molecule has 80 valence electrons. The Morgan fingerprint density at radius 2 is 1.88 bits per heavy atom. The minimum atomic E-state index is -1.48. The van der Waals surface area contributed by atoms with Crippen molar-refractivity contribution in [3.63, 3.8) is 0 Å². The van der Waals surface area contributed by atoms with Gasteiger partial charge in [0, 0.05) is 6.61 Å². The first kappa shape index (κ1) is 12.0. The first-order valence-electron chi connectivity index (χ1n) is 4.97. The van der Waals surface area contributed by atoms with Crippen molar-refractivity contribution in [2.45, 2.75) is 12.5 Å². The molecule has 0 heterocycles. The van der Waals surface area contributed by atoms with E-state index in [0.29, 0.717) is 6.61 Å². The van der Waals surface area contributed by atoms with Gasteiger partial charge in [-0.15, -0.1) is 0 Å². The number of rotatable bonds is 4. The molecule has 16 heavy (non-hydrogen) atoms. The second kappa shape index (κ2) is 5.70. The summed E-state index contributed by atoms with van der Waals surface area (Å²) in [5.41, 5.74) is -0.554. The normalized spacial score (nSPS) is 10.9. The summed E-state index contributed by atoms with van der Waals surface area (Å²) in [6.45, 7) is 2.07. The van der Waals surface area contributed by atoms with Crippen LogP contribution in [0.4, 0.5) is 0 Å². The molecular formula is C13H12N2O. The lowest BCUT2D eigenvalue weighted by Crippen LogP contribution is -2.25. The van der Waals surface area contributed by atoms with Crippen LogP contribution in [-0.4, -0.2) is 12.2 Å². The average molecular weight is 212 g/mol. The van der Waals surface area contributed by atoms with Crippen molar-refractivity contribution in [2.24, 2.45) is 0 Å². The van der Waals surface area contributed by atoms with Gasteiger partial charge in [-0.25, -0.2) is 0 Å². The highest BCUT2D eigenvalue weighted by Gasteiger charge is 2.26. The number of hydrogen-bond acceptors (Lipinski definition) is 3. The van der Waals surface area contributed by atoms with Crippen LogP contribution in [0.15, 0.2) is 36.4 Å². The minimum Gasteiger partial charge on any atom is -0.345 e. The molecule has 1 aromatic carbocycles. The highest BCUT2D eigenvalue weighted by molar-refractivity contribution is 5.53. The smallest absolute Gasteiger partial charge is 0.260 e. The van der Waals surface area contributed by atoms with Crippen LogP contribution in [0.2, 0.25) is 0 Å². The SMILES string of the molecule is CCOC(C#N)(C#N)C=Cc1ccccc1. The molecule has 0 saturated heterocycles. The van der Waals surface area contributed by atoms with Crippen LogP contribution in [0.1, 0.15) is 12.5 Å². The fourth-order valence-electron chi connectivity index (χ4n) is 1.22. The lowest BCUT2D eigenvalue weighted by atomic mass is 10.1. The van der Waals surface area contributed by atoms with E-state index >= 15 is 0 Å². The Balaban J connectivity index is 2.90. The van der Waals surface area contributed by atoms with Crippen LogP contribution >= 0.6 is 0 Å². The predicted molar refractivity (Wildman–Crippen MR) is 61.1 cm³/mol. The van der Waals surface area contributed by atoms with Gasteiger partial charge in [0.15, 0.2) is 0 Å². The molecule has 3 heteroatoms. The first-order chi connectivity index (χ1) is 7.76. The maximum absolute atomic E-state index is 8.94. The van der Waals surface area contributed by atoms with Gasteiger partial charge in [0.1, 0.15) is 12.1 Å². The molecule has 0 atom stereocenters. The van der Waals surface area contributed by atoms with Crippen molar-refractivity contribution in [1.29, 1.82) is 10.5 Å². The fourth-order valence-corrected chi connectivity index (χ4v) is 1.22. The van der Waals surface area contributed by atoms with E-state index in [9.17, 15) is 0 Å². The average Bonchev–Trinajstić information content (AvgIpc) is 2.36. The number of benzene rings is 1. The van der Waals surface area contributed by atoms with Gasteiger partial charge in [0.2, 0.25) is 0 Å². The molecule has 0 unspecified atom stereocenters. The summed E-state index contributed by atoms with van der Waals surface area (Å²) in [6, 6.07) is 13.2. The number of ether oxygens (including phenoxy) is 1. The van der Waals surface area contributed by atoms with Crippen molar-refractivity contribution >= 4 is 6.08 Å². The second-order valence-electron chi connectivity index (χ2n) is 3.14. The highest BCUT2D eigenvalue weighted by Crippen LogP contribution is 2.13. The summed E-state index contributed by atoms with van der Waals surface area (Å²) in [5.74, 6) is 0. The molecule has 0 aliphatic rings. The zero-order valence-corrected chi connectivity index (χ0v) is 9.05. The summed E-state index contributed by atoms with van der Waals surface area (Å²) in [7, 11) is 0. The van der Waals surface area contributed by atoms with Crippen molar-refractivity contribution in [3.8, 4) is 12.1 Å². The Labute approximate surface area is 95.2 Å². The van der Waals surface area contributed by atoms with E-state index in [1.807, 2.05) is 42.5 Å². The van der Waals surface area contributed by atoms with Crippen molar-refractivity contribution in [3.05, 3.63) is 42.0 Å². The number of hydrogen-bond donors (Lipinski definition) is 0. The standard InChI is InChI=1S/C13H12N2O/c1-2-16-13(10-14,11-15)9-8-12-6-4-3-5-7-12/h3-9H,2H2,1H3. The Kier molecular flexibility index (Phi) is 4.27. The quantitative estimate of drug-likeness (QED) is 0.770. The topological polar surface area (TPSA) is 56.8 Å². The van der Waals surface area contributed by atoms with Crippen molar-refractivity contribution < 1.29 is 4.74 Å². The van der Waals surface area contributed by atoms with Gasteiger partial charge >= 0.3 is 0 Å². The molecule has 1 aromatic rings. The van der Waals surface area contributed by atoms with Crippen LogP contribution in [-0.2, 0) is 4.74 Å². The lowest BCUT2D eigenvalue weighted by Gasteiger charge is -2.13. The molecule has 3 nitrogen and oxygen atoms in total. The molecule has 0 aliphatic heterocycles. The second-order valence-corrected chi connectivity index (χ2v) is 3.14. The van der Waals surface area contributed by atoms with E-state index < -0.39 is 5.60 Å². The molecular weight excluding hydrogens is 200 g/mol. The Hall–Kier alpha value is -2.10. The van der Waals surface area contributed by atoms with Gasteiger partial charge in [-0.2, -0.15) is 10.5 Å². The van der Waals surface area contributed by atoms with E-state index in [4.69, 9.17) is 15.3 Å². The van der Waals surface area contributed by atoms with Gasteiger partial charge in [-0.05, 0) is 18.6 Å². The molecule has 0 radical (unpaired) electrons. The zero-order valence-electron chi connectivity index (χ0n) is 9.05. The van der Waals surface area contributed by atoms with Crippen molar-refractivity contribution in [2.75, 3.05) is 6.61 Å². The molecule has 0 bridgehead atoms. The van der Waals surface area contributed by atoms with Crippen LogP contribution in [0, 0.1) is 22.7 Å². The molecule has 0 amide bonds. The zero-order chi connectivity index (χ0) is 11.9. The third kappa shape index (κ3) is 2.95. The first-order valence-corrected chi connectivity index (χ1v) is 4.97. The highest BCUT2D eigenvalue weighted by atomic mass is 16.5. The Morgan fingerprint density at radius 1 is 1.25 bits per heavy atom. The van der Waals surface area contributed by atoms with E-state index in [1.54, 1.807) is 13.0 Å². The molecule has 0 aromatic heterocycles. The third-order valence-electron chi connectivity index (χ3n) is 2.01. The lowest BCUT2D eigenvalue weighted by molar-refractivity contribution is 0.0840. The predicted octanol–water partition coefficient (Wildman–Crippen LogP) is 2.52. The maximum Gasteiger partial charge on any atom is 0.260 e. The largest absolute Gasteiger partial charge is 0.345 e. The molecule has 0 aliphatic carbocycles. The Bertz CT molecular complexity index is 423. The van der Waals surface area contributed by atoms with E-state index in [2.05, 4.69) is 0 Å². The van der Waals surface area contributed by atoms with Gasteiger partial charge < -0.3 is 4.74 Å². The van der Waals surface area contributed by atoms with Crippen molar-refractivity contribution in [1.82, 2.24) is 0 Å². The van der Waals surface area contributed by atoms with Gasteiger partial charge in [-0.3, -0.25) is 0 Å². The molecule has 0 N–H and O–H groups in total. The van der Waals surface area contributed by atoms with E-state index in [-0.39, 0.29) is 0 Å². The van der Waals surface area contributed by atoms with E-state index in [1.165, 1.54) is 6.08 Å². The summed E-state index contributed by atoms with van der Waals surface area (Å²) >= 11 is 0. The van der Waals surface area contributed by atoms with Crippen LogP contribution in [0.3, 0.4) is 0 Å². The maximum atomic E-state index is 8.94. The van der Waals surface area contributed by atoms with Crippen LogP contribution < -0.4 is 0 Å². The van der Waals surface area contributed by atoms with Gasteiger partial charge in [0.25, 0.3) is 5.60 Å². The monoisotopic (exact) mass is 212 g/mol. The minimum absolute atomic E-state index is 0.320. The summed E-state index contributed by atoms with van der Waals surface area (Å²) < 4.78 is 5.14. The van der Waals surface area contributed by atoms with Gasteiger partial charge in [-0.1, -0.05) is 36.4 Å². The fraction of sp³-hybridized carbons (Fsp3) is 0.231. The molecule has 1 rings (SSSR count). The van der Waals surface area contributed by atoms with Crippen LogP contribution in [0.5, 0.6) is 0 Å². The van der Waals surface area contributed by atoms with Gasteiger partial charge in [0.05, 0.1) is 0 Å². The summed E-state index contributed by atoms with van der Waals surface area (Å²) in [4.78, 5) is 0. The number of nitrogens with zero attached hydrogens (tertiary/aromatic N) is 2. The van der Waals surface area contributed by atoms with E-state index in [0.717, 1.165) is 5.56 Å². The number of nitriles is 2. The molecule has 0 spiro atoms. The summed E-state index contributed by atoms with van der Waals surface area (Å²) in [6.07, 6.45) is 3.19. The Morgan fingerprint density at radius 3 is 2.38 bits per heavy atom. The molecule has 0 saturated carbocycles. The molecule has 0 fully saturated rings.